The normalized spacial score (nSPS) is 11.9. The van der Waals surface area contributed by atoms with E-state index >= 15 is 0 Å². The van der Waals surface area contributed by atoms with Crippen LogP contribution in [0, 0.1) is 0 Å². The molecule has 8 aromatic rings. The molecule has 0 aliphatic heterocycles. The van der Waals surface area contributed by atoms with Gasteiger partial charge in [-0.15, -0.1) is 0 Å². The number of fused-ring (bicyclic) bond motifs is 4. The second-order valence-corrected chi connectivity index (χ2v) is 11.1. The first-order valence-corrected chi connectivity index (χ1v) is 14.9. The van der Waals surface area contributed by atoms with Crippen LogP contribution in [0.15, 0.2) is 146 Å². The van der Waals surface area contributed by atoms with Gasteiger partial charge in [0.15, 0.2) is 0 Å². The third kappa shape index (κ3) is 4.83. The first-order valence-electron chi connectivity index (χ1n) is 14.9. The van der Waals surface area contributed by atoms with Crippen LogP contribution in [0.2, 0.25) is 0 Å². The predicted molar refractivity (Wildman–Crippen MR) is 188 cm³/mol. The Morgan fingerprint density at radius 2 is 0.682 bits per heavy atom. The van der Waals surface area contributed by atoms with Crippen molar-refractivity contribution in [3.05, 3.63) is 168 Å². The van der Waals surface area contributed by atoms with Crippen molar-refractivity contribution in [3.8, 4) is 11.4 Å². The molecular formula is C42H28N2. The van der Waals surface area contributed by atoms with Gasteiger partial charge in [0, 0.05) is 12.4 Å². The highest BCUT2D eigenvalue weighted by Crippen LogP contribution is 2.32. The van der Waals surface area contributed by atoms with Crippen LogP contribution in [-0.4, -0.2) is 9.97 Å². The Bertz CT molecular complexity index is 2120. The van der Waals surface area contributed by atoms with Gasteiger partial charge in [-0.25, -0.2) is 0 Å². The summed E-state index contributed by atoms with van der Waals surface area (Å²) in [6.07, 6.45) is 12.5. The molecule has 0 saturated heterocycles. The SMILES string of the molecule is C(=C\c1c2ccccc2cc2ccccc12)/c1ccnc(-c2cc(/C=C/c3c4ccccc4cc4ccccc34)ccn2)c1. The molecule has 0 radical (unpaired) electrons. The molecule has 2 heteroatoms. The fraction of sp³-hybridized carbons (Fsp3) is 0. The molecule has 6 aromatic carbocycles. The number of hydrogen-bond acceptors (Lipinski definition) is 2. The standard InChI is InChI=1S/C42H28N2/c1-5-13-35-31(9-1)27-32-10-2-6-14-36(32)39(35)19-17-29-21-23-43-41(25-29)42-26-30(22-24-44-42)18-20-40-37-15-7-3-11-33(37)28-34-12-4-8-16-38(34)40/h1-28H/b19-17+,20-18+. The predicted octanol–water partition coefficient (Wildman–Crippen LogP) is 11.1. The van der Waals surface area contributed by atoms with Crippen molar-refractivity contribution in [2.75, 3.05) is 0 Å². The van der Waals surface area contributed by atoms with Crippen molar-refractivity contribution in [1.82, 2.24) is 9.97 Å². The molecule has 8 rings (SSSR count). The molecule has 0 aliphatic rings. The number of rotatable bonds is 5. The summed E-state index contributed by atoms with van der Waals surface area (Å²) >= 11 is 0. The minimum atomic E-state index is 0.848. The van der Waals surface area contributed by atoms with Gasteiger partial charge in [-0.3, -0.25) is 9.97 Å². The molecule has 2 nitrogen and oxygen atoms in total. The van der Waals surface area contributed by atoms with Crippen molar-refractivity contribution in [3.63, 3.8) is 0 Å². The highest BCUT2D eigenvalue weighted by molar-refractivity contribution is 6.09. The van der Waals surface area contributed by atoms with E-state index in [0.717, 1.165) is 22.5 Å². The van der Waals surface area contributed by atoms with E-state index in [0.29, 0.717) is 0 Å². The van der Waals surface area contributed by atoms with Crippen molar-refractivity contribution in [2.24, 2.45) is 0 Å². The third-order valence-electron chi connectivity index (χ3n) is 8.34. The van der Waals surface area contributed by atoms with Gasteiger partial charge >= 0.3 is 0 Å². The van der Waals surface area contributed by atoms with Crippen molar-refractivity contribution >= 4 is 67.4 Å². The first kappa shape index (κ1) is 25.8. The monoisotopic (exact) mass is 560 g/mol. The topological polar surface area (TPSA) is 25.8 Å². The Labute approximate surface area is 256 Å². The largest absolute Gasteiger partial charge is 0.255 e. The van der Waals surface area contributed by atoms with E-state index in [1.54, 1.807) is 0 Å². The smallest absolute Gasteiger partial charge is 0.0892 e. The Morgan fingerprint density at radius 3 is 1.05 bits per heavy atom. The van der Waals surface area contributed by atoms with Gasteiger partial charge in [-0.2, -0.15) is 0 Å². The van der Waals surface area contributed by atoms with Crippen LogP contribution in [0.5, 0.6) is 0 Å². The van der Waals surface area contributed by atoms with Gasteiger partial charge in [-0.1, -0.05) is 121 Å². The molecule has 44 heavy (non-hydrogen) atoms. The van der Waals surface area contributed by atoms with E-state index in [1.165, 1.54) is 54.2 Å². The van der Waals surface area contributed by atoms with Gasteiger partial charge in [0.05, 0.1) is 11.4 Å². The lowest BCUT2D eigenvalue weighted by Crippen LogP contribution is -1.89. The molecule has 0 fully saturated rings. The lowest BCUT2D eigenvalue weighted by Gasteiger charge is -2.09. The number of nitrogens with zero attached hydrogens (tertiary/aromatic N) is 2. The average Bonchev–Trinajstić information content (AvgIpc) is 3.08. The van der Waals surface area contributed by atoms with Crippen molar-refractivity contribution in [1.29, 1.82) is 0 Å². The number of pyridine rings is 2. The minimum absolute atomic E-state index is 0.848. The molecule has 2 heterocycles. The Balaban J connectivity index is 1.14. The Morgan fingerprint density at radius 1 is 0.341 bits per heavy atom. The fourth-order valence-electron chi connectivity index (χ4n) is 6.20. The molecule has 0 N–H and O–H groups in total. The van der Waals surface area contributed by atoms with E-state index in [9.17, 15) is 0 Å². The summed E-state index contributed by atoms with van der Waals surface area (Å²) < 4.78 is 0. The van der Waals surface area contributed by atoms with Crippen LogP contribution in [0.3, 0.4) is 0 Å². The van der Waals surface area contributed by atoms with Crippen LogP contribution < -0.4 is 0 Å². The second kappa shape index (κ2) is 11.1. The van der Waals surface area contributed by atoms with E-state index in [-0.39, 0.29) is 0 Å². The van der Waals surface area contributed by atoms with Gasteiger partial charge in [0.2, 0.25) is 0 Å². The molecule has 0 aliphatic carbocycles. The Kier molecular flexibility index (Phi) is 6.51. The van der Waals surface area contributed by atoms with E-state index in [1.807, 2.05) is 24.5 Å². The highest BCUT2D eigenvalue weighted by atomic mass is 14.8. The number of hydrogen-bond donors (Lipinski definition) is 0. The first-order chi connectivity index (χ1) is 21.8. The third-order valence-corrected chi connectivity index (χ3v) is 8.34. The van der Waals surface area contributed by atoms with E-state index in [2.05, 4.69) is 156 Å². The molecule has 2 aromatic heterocycles. The summed E-state index contributed by atoms with van der Waals surface area (Å²) in [5.74, 6) is 0. The van der Waals surface area contributed by atoms with E-state index < -0.39 is 0 Å². The van der Waals surface area contributed by atoms with Gasteiger partial charge in [-0.05, 0) is 102 Å². The van der Waals surface area contributed by atoms with Gasteiger partial charge in [0.1, 0.15) is 0 Å². The van der Waals surface area contributed by atoms with Crippen LogP contribution >= 0.6 is 0 Å². The molecule has 0 bridgehead atoms. The molecule has 0 amide bonds. The molecule has 0 saturated carbocycles. The lowest BCUT2D eigenvalue weighted by atomic mass is 9.96. The average molecular weight is 561 g/mol. The van der Waals surface area contributed by atoms with Gasteiger partial charge < -0.3 is 0 Å². The van der Waals surface area contributed by atoms with E-state index in [4.69, 9.17) is 0 Å². The van der Waals surface area contributed by atoms with Crippen LogP contribution in [-0.2, 0) is 0 Å². The summed E-state index contributed by atoms with van der Waals surface area (Å²) in [6, 6.07) is 47.2. The maximum Gasteiger partial charge on any atom is 0.0892 e. The quantitative estimate of drug-likeness (QED) is 0.196. The van der Waals surface area contributed by atoms with Gasteiger partial charge in [0.25, 0.3) is 0 Å². The maximum atomic E-state index is 4.69. The van der Waals surface area contributed by atoms with Crippen LogP contribution in [0.4, 0.5) is 0 Å². The van der Waals surface area contributed by atoms with Crippen molar-refractivity contribution in [2.45, 2.75) is 0 Å². The molecule has 206 valence electrons. The molecule has 0 atom stereocenters. The Hall–Kier alpha value is -5.86. The summed E-state index contributed by atoms with van der Waals surface area (Å²) in [5, 5.41) is 9.96. The second-order valence-electron chi connectivity index (χ2n) is 11.1. The lowest BCUT2D eigenvalue weighted by molar-refractivity contribution is 1.24. The summed E-state index contributed by atoms with van der Waals surface area (Å²) in [7, 11) is 0. The number of benzene rings is 6. The zero-order valence-corrected chi connectivity index (χ0v) is 24.1. The maximum absolute atomic E-state index is 4.69. The zero-order valence-electron chi connectivity index (χ0n) is 24.1. The molecule has 0 unspecified atom stereocenters. The summed E-state index contributed by atoms with van der Waals surface area (Å²) in [4.78, 5) is 9.37. The summed E-state index contributed by atoms with van der Waals surface area (Å²) in [5.41, 5.74) is 6.31. The summed E-state index contributed by atoms with van der Waals surface area (Å²) in [6.45, 7) is 0. The number of aromatic nitrogens is 2. The highest BCUT2D eigenvalue weighted by Gasteiger charge is 2.08. The van der Waals surface area contributed by atoms with Crippen molar-refractivity contribution < 1.29 is 0 Å². The zero-order chi connectivity index (χ0) is 29.3. The molecular weight excluding hydrogens is 532 g/mol. The van der Waals surface area contributed by atoms with Crippen LogP contribution in [0.1, 0.15) is 22.3 Å². The van der Waals surface area contributed by atoms with Crippen LogP contribution in [0.25, 0.3) is 78.8 Å². The fourth-order valence-corrected chi connectivity index (χ4v) is 6.20. The minimum Gasteiger partial charge on any atom is -0.255 e. The molecule has 0 spiro atoms.